The molecule has 2 aromatic heterocycles. The Morgan fingerprint density at radius 3 is 2.77 bits per heavy atom. The van der Waals surface area contributed by atoms with Gasteiger partial charge in [-0.25, -0.2) is 4.98 Å². The lowest BCUT2D eigenvalue weighted by molar-refractivity contribution is 0.112. The molecule has 0 saturated heterocycles. The minimum absolute atomic E-state index is 0.539. The van der Waals surface area contributed by atoms with Gasteiger partial charge in [-0.05, 0) is 47.0 Å². The van der Waals surface area contributed by atoms with E-state index in [9.17, 15) is 4.79 Å². The topological polar surface area (TPSA) is 53.8 Å². The molecule has 4 aromatic rings. The summed E-state index contributed by atoms with van der Waals surface area (Å²) in [6.45, 7) is 0. The summed E-state index contributed by atoms with van der Waals surface area (Å²) < 4.78 is 0. The van der Waals surface area contributed by atoms with Crippen LogP contribution in [-0.4, -0.2) is 11.3 Å². The molecular formula is C21H11ClN2OS. The van der Waals surface area contributed by atoms with Gasteiger partial charge in [-0.15, -0.1) is 11.3 Å². The molecule has 0 saturated carbocycles. The number of rotatable bonds is 3. The largest absolute Gasteiger partial charge is 0.298 e. The first-order valence-corrected chi connectivity index (χ1v) is 9.02. The van der Waals surface area contributed by atoms with Gasteiger partial charge in [0.2, 0.25) is 0 Å². The van der Waals surface area contributed by atoms with Crippen molar-refractivity contribution in [3.63, 3.8) is 0 Å². The van der Waals surface area contributed by atoms with Crippen molar-refractivity contribution in [3.05, 3.63) is 76.9 Å². The SMILES string of the molecule is N#Cc1cnc2sc(-c3ccc(Cl)cc3-c3cccc(C=O)c3)cc2c1. The highest BCUT2D eigenvalue weighted by molar-refractivity contribution is 7.21. The molecule has 3 nitrogen and oxygen atoms in total. The van der Waals surface area contributed by atoms with Gasteiger partial charge < -0.3 is 0 Å². The number of nitriles is 1. The maximum atomic E-state index is 11.1. The van der Waals surface area contributed by atoms with Crippen molar-refractivity contribution in [2.24, 2.45) is 0 Å². The molecule has 0 bridgehead atoms. The lowest BCUT2D eigenvalue weighted by atomic mass is 9.97. The highest BCUT2D eigenvalue weighted by Gasteiger charge is 2.13. The molecular weight excluding hydrogens is 364 g/mol. The Morgan fingerprint density at radius 1 is 1.08 bits per heavy atom. The van der Waals surface area contributed by atoms with E-state index in [2.05, 4.69) is 11.1 Å². The summed E-state index contributed by atoms with van der Waals surface area (Å²) in [7, 11) is 0. The van der Waals surface area contributed by atoms with Crippen LogP contribution in [0.1, 0.15) is 15.9 Å². The number of fused-ring (bicyclic) bond motifs is 1. The Labute approximate surface area is 159 Å². The van der Waals surface area contributed by atoms with Crippen molar-refractivity contribution in [2.75, 3.05) is 0 Å². The highest BCUT2D eigenvalue weighted by atomic mass is 35.5. The molecule has 0 atom stereocenters. The molecule has 0 amide bonds. The van der Waals surface area contributed by atoms with Gasteiger partial charge in [0.05, 0.1) is 5.56 Å². The number of carbonyl (C=O) groups is 1. The highest BCUT2D eigenvalue weighted by Crippen LogP contribution is 2.39. The predicted molar refractivity (Wildman–Crippen MR) is 106 cm³/mol. The Bertz CT molecular complexity index is 1190. The molecule has 2 aromatic carbocycles. The van der Waals surface area contributed by atoms with Crippen LogP contribution in [0, 0.1) is 11.3 Å². The minimum Gasteiger partial charge on any atom is -0.298 e. The number of thiophene rings is 1. The third-order valence-electron chi connectivity index (χ3n) is 4.08. The van der Waals surface area contributed by atoms with Crippen LogP contribution in [0.4, 0.5) is 0 Å². The second kappa shape index (κ2) is 6.72. The van der Waals surface area contributed by atoms with Crippen molar-refractivity contribution < 1.29 is 4.79 Å². The van der Waals surface area contributed by atoms with Crippen molar-refractivity contribution in [1.29, 1.82) is 5.26 Å². The van der Waals surface area contributed by atoms with Gasteiger partial charge in [0.25, 0.3) is 0 Å². The van der Waals surface area contributed by atoms with E-state index in [0.29, 0.717) is 16.1 Å². The zero-order valence-corrected chi connectivity index (χ0v) is 15.0. The standard InChI is InChI=1S/C21H11ClN2OS/c22-17-4-5-18(19(9-17)15-3-1-2-13(6-15)12-25)20-8-16-7-14(10-23)11-24-21(16)26-20/h1-9,11-12H. The first kappa shape index (κ1) is 16.5. The van der Waals surface area contributed by atoms with Gasteiger partial charge in [0.1, 0.15) is 17.2 Å². The Morgan fingerprint density at radius 2 is 1.96 bits per heavy atom. The summed E-state index contributed by atoms with van der Waals surface area (Å²) >= 11 is 7.79. The second-order valence-electron chi connectivity index (χ2n) is 5.77. The van der Waals surface area contributed by atoms with Crippen LogP contribution in [0.25, 0.3) is 31.8 Å². The van der Waals surface area contributed by atoms with E-state index < -0.39 is 0 Å². The number of aldehydes is 1. The maximum absolute atomic E-state index is 11.1. The van der Waals surface area contributed by atoms with Gasteiger partial charge in [0, 0.05) is 27.0 Å². The Balaban J connectivity index is 1.92. The van der Waals surface area contributed by atoms with Crippen molar-refractivity contribution in [3.8, 4) is 27.6 Å². The van der Waals surface area contributed by atoms with Gasteiger partial charge in [-0.1, -0.05) is 35.9 Å². The summed E-state index contributed by atoms with van der Waals surface area (Å²) in [6, 6.07) is 19.1. The molecule has 4 rings (SSSR count). The molecule has 124 valence electrons. The molecule has 26 heavy (non-hydrogen) atoms. The smallest absolute Gasteiger partial charge is 0.150 e. The van der Waals surface area contributed by atoms with E-state index in [-0.39, 0.29) is 0 Å². The molecule has 0 aliphatic heterocycles. The molecule has 0 spiro atoms. The van der Waals surface area contributed by atoms with Crippen LogP contribution < -0.4 is 0 Å². The van der Waals surface area contributed by atoms with Crippen molar-refractivity contribution in [2.45, 2.75) is 0 Å². The molecule has 0 N–H and O–H groups in total. The average Bonchev–Trinajstić information content (AvgIpc) is 3.10. The summed E-state index contributed by atoms with van der Waals surface area (Å²) in [6.07, 6.45) is 2.42. The summed E-state index contributed by atoms with van der Waals surface area (Å²) in [5.74, 6) is 0. The number of carbonyl (C=O) groups excluding carboxylic acids is 1. The Kier molecular flexibility index (Phi) is 4.26. The normalized spacial score (nSPS) is 10.6. The molecule has 5 heteroatoms. The maximum Gasteiger partial charge on any atom is 0.150 e. The predicted octanol–water partition coefficient (Wildman–Crippen LogP) is 5.97. The number of nitrogens with zero attached hydrogens (tertiary/aromatic N) is 2. The third kappa shape index (κ3) is 2.99. The fraction of sp³-hybridized carbons (Fsp3) is 0. The monoisotopic (exact) mass is 374 g/mol. The number of benzene rings is 2. The van der Waals surface area contributed by atoms with Crippen LogP contribution in [-0.2, 0) is 0 Å². The van der Waals surface area contributed by atoms with Crippen LogP contribution in [0.5, 0.6) is 0 Å². The average molecular weight is 375 g/mol. The molecule has 2 heterocycles. The summed E-state index contributed by atoms with van der Waals surface area (Å²) in [5, 5.41) is 10.6. The number of hydrogen-bond donors (Lipinski definition) is 0. The van der Waals surface area contributed by atoms with Crippen LogP contribution in [0.3, 0.4) is 0 Å². The summed E-state index contributed by atoms with van der Waals surface area (Å²) in [4.78, 5) is 17.4. The van der Waals surface area contributed by atoms with Crippen molar-refractivity contribution in [1.82, 2.24) is 4.98 Å². The van der Waals surface area contributed by atoms with Gasteiger partial charge >= 0.3 is 0 Å². The lowest BCUT2D eigenvalue weighted by Gasteiger charge is -2.09. The first-order chi connectivity index (χ1) is 12.7. The van der Waals surface area contributed by atoms with E-state index in [0.717, 1.165) is 38.1 Å². The fourth-order valence-corrected chi connectivity index (χ4v) is 4.07. The number of hydrogen-bond acceptors (Lipinski definition) is 4. The minimum atomic E-state index is 0.539. The third-order valence-corrected chi connectivity index (χ3v) is 5.41. The molecule has 0 unspecified atom stereocenters. The van der Waals surface area contributed by atoms with E-state index in [1.54, 1.807) is 23.6 Å². The number of aromatic nitrogens is 1. The molecule has 0 radical (unpaired) electrons. The first-order valence-electron chi connectivity index (χ1n) is 7.83. The van der Waals surface area contributed by atoms with E-state index in [1.165, 1.54) is 0 Å². The van der Waals surface area contributed by atoms with Gasteiger partial charge in [-0.2, -0.15) is 5.26 Å². The fourth-order valence-electron chi connectivity index (χ4n) is 2.88. The van der Waals surface area contributed by atoms with E-state index in [4.69, 9.17) is 16.9 Å². The number of pyridine rings is 1. The zero-order chi connectivity index (χ0) is 18.1. The number of halogens is 1. The zero-order valence-electron chi connectivity index (χ0n) is 13.4. The van der Waals surface area contributed by atoms with Crippen LogP contribution >= 0.6 is 22.9 Å². The van der Waals surface area contributed by atoms with Crippen LogP contribution in [0.2, 0.25) is 5.02 Å². The van der Waals surface area contributed by atoms with Crippen molar-refractivity contribution >= 4 is 39.4 Å². The lowest BCUT2D eigenvalue weighted by Crippen LogP contribution is -1.86. The molecule has 0 aliphatic carbocycles. The molecule has 0 fully saturated rings. The van der Waals surface area contributed by atoms with Gasteiger partial charge in [-0.3, -0.25) is 4.79 Å². The Hall–Kier alpha value is -3.00. The van der Waals surface area contributed by atoms with E-state index >= 15 is 0 Å². The second-order valence-corrected chi connectivity index (χ2v) is 7.24. The quantitative estimate of drug-likeness (QED) is 0.415. The molecule has 0 aliphatic rings. The van der Waals surface area contributed by atoms with Crippen LogP contribution in [0.15, 0.2) is 60.8 Å². The van der Waals surface area contributed by atoms with Gasteiger partial charge in [0.15, 0.2) is 0 Å². The summed E-state index contributed by atoms with van der Waals surface area (Å²) in [5.41, 5.74) is 4.05. The van der Waals surface area contributed by atoms with E-state index in [1.807, 2.05) is 48.5 Å².